The Hall–Kier alpha value is -1.13. The van der Waals surface area contributed by atoms with Crippen LogP contribution in [0.2, 0.25) is 0 Å². The Morgan fingerprint density at radius 2 is 1.87 bits per heavy atom. The van der Waals surface area contributed by atoms with Gasteiger partial charge in [-0.3, -0.25) is 4.98 Å². The predicted octanol–water partition coefficient (Wildman–Crippen LogP) is 1.28. The van der Waals surface area contributed by atoms with E-state index in [9.17, 15) is 10.2 Å². The summed E-state index contributed by atoms with van der Waals surface area (Å²) in [6.07, 6.45) is 1.42. The van der Waals surface area contributed by atoms with Crippen molar-refractivity contribution >= 4 is 0 Å². The number of aliphatic hydroxyl groups is 2. The molecule has 0 radical (unpaired) electrons. The minimum Gasteiger partial charge on any atom is -0.489 e. The molecule has 84 valence electrons. The van der Waals surface area contributed by atoms with E-state index in [1.165, 1.54) is 13.1 Å². The molecule has 0 aliphatic heterocycles. The zero-order valence-corrected chi connectivity index (χ0v) is 9.21. The minimum atomic E-state index is -0.923. The lowest BCUT2D eigenvalue weighted by atomic mass is 10.1. The monoisotopic (exact) mass is 211 g/mol. The highest BCUT2D eigenvalue weighted by molar-refractivity contribution is 5.25. The molecule has 0 aliphatic carbocycles. The van der Waals surface area contributed by atoms with Gasteiger partial charge in [0.1, 0.15) is 11.9 Å². The molecule has 1 heterocycles. The first-order valence-electron chi connectivity index (χ1n) is 4.98. The molecule has 2 atom stereocenters. The zero-order valence-electron chi connectivity index (χ0n) is 9.21. The molecular weight excluding hydrogens is 194 g/mol. The normalized spacial score (nSPS) is 15.1. The van der Waals surface area contributed by atoms with Crippen molar-refractivity contribution in [2.24, 2.45) is 0 Å². The highest BCUT2D eigenvalue weighted by Crippen LogP contribution is 2.20. The van der Waals surface area contributed by atoms with E-state index in [0.29, 0.717) is 11.3 Å². The summed E-state index contributed by atoms with van der Waals surface area (Å²) in [7, 11) is 0. The van der Waals surface area contributed by atoms with Crippen LogP contribution in [-0.4, -0.2) is 27.4 Å². The van der Waals surface area contributed by atoms with Crippen molar-refractivity contribution in [2.75, 3.05) is 0 Å². The van der Waals surface area contributed by atoms with Crippen LogP contribution in [0.4, 0.5) is 0 Å². The molecule has 1 aromatic rings. The van der Waals surface area contributed by atoms with Crippen LogP contribution in [-0.2, 0) is 0 Å². The third kappa shape index (κ3) is 3.49. The second-order valence-corrected chi connectivity index (χ2v) is 3.81. The summed E-state index contributed by atoms with van der Waals surface area (Å²) in [5.74, 6) is 0.599. The average Bonchev–Trinajstić information content (AvgIpc) is 2.16. The summed E-state index contributed by atoms with van der Waals surface area (Å²) in [6.45, 7) is 5.36. The molecule has 0 spiro atoms. The number of hydrogen-bond donors (Lipinski definition) is 2. The van der Waals surface area contributed by atoms with Gasteiger partial charge in [-0.25, -0.2) is 0 Å². The Bertz CT molecular complexity index is 312. The van der Waals surface area contributed by atoms with Crippen LogP contribution < -0.4 is 4.74 Å². The van der Waals surface area contributed by atoms with Gasteiger partial charge in [0, 0.05) is 11.8 Å². The summed E-state index contributed by atoms with van der Waals surface area (Å²) in [6, 6.07) is 1.68. The largest absolute Gasteiger partial charge is 0.489 e. The van der Waals surface area contributed by atoms with Gasteiger partial charge in [0.15, 0.2) is 0 Å². The second-order valence-electron chi connectivity index (χ2n) is 3.81. The van der Waals surface area contributed by atoms with E-state index in [1.807, 2.05) is 13.8 Å². The first-order valence-corrected chi connectivity index (χ1v) is 4.98. The standard InChI is InChI=1S/C11H17NO3/c1-7(2)15-10-4-9(5-12-6-10)11(14)8(3)13/h4-8,11,13-14H,1-3H3. The molecule has 4 nitrogen and oxygen atoms in total. The van der Waals surface area contributed by atoms with Crippen LogP contribution in [0.5, 0.6) is 5.75 Å². The number of rotatable bonds is 4. The van der Waals surface area contributed by atoms with Gasteiger partial charge in [-0.2, -0.15) is 0 Å². The Morgan fingerprint density at radius 1 is 1.20 bits per heavy atom. The van der Waals surface area contributed by atoms with Gasteiger partial charge in [0.2, 0.25) is 0 Å². The molecule has 4 heteroatoms. The van der Waals surface area contributed by atoms with E-state index < -0.39 is 12.2 Å². The molecule has 0 aromatic carbocycles. The summed E-state index contributed by atoms with van der Waals surface area (Å²) in [5, 5.41) is 18.8. The maximum absolute atomic E-state index is 9.61. The van der Waals surface area contributed by atoms with Crippen LogP contribution in [0.1, 0.15) is 32.4 Å². The van der Waals surface area contributed by atoms with Gasteiger partial charge in [-0.05, 0) is 26.8 Å². The van der Waals surface area contributed by atoms with E-state index in [4.69, 9.17) is 4.74 Å². The molecule has 0 bridgehead atoms. The number of nitrogens with zero attached hydrogens (tertiary/aromatic N) is 1. The maximum Gasteiger partial charge on any atom is 0.138 e. The fourth-order valence-corrected chi connectivity index (χ4v) is 1.21. The number of aliphatic hydroxyl groups excluding tert-OH is 2. The van der Waals surface area contributed by atoms with Gasteiger partial charge in [0.25, 0.3) is 0 Å². The van der Waals surface area contributed by atoms with Gasteiger partial charge in [0.05, 0.1) is 18.4 Å². The molecule has 1 rings (SSSR count). The Balaban J connectivity index is 2.82. The lowest BCUT2D eigenvalue weighted by Gasteiger charge is -2.15. The van der Waals surface area contributed by atoms with Crippen LogP contribution in [0.15, 0.2) is 18.5 Å². The molecule has 2 N–H and O–H groups in total. The lowest BCUT2D eigenvalue weighted by molar-refractivity contribution is 0.0301. The van der Waals surface area contributed by atoms with Crippen LogP contribution >= 0.6 is 0 Å². The van der Waals surface area contributed by atoms with Crippen molar-refractivity contribution in [3.8, 4) is 5.75 Å². The first-order chi connectivity index (χ1) is 7.00. The Labute approximate surface area is 89.5 Å². The SMILES string of the molecule is CC(C)Oc1cncc(C(O)C(C)O)c1. The van der Waals surface area contributed by atoms with Crippen molar-refractivity contribution < 1.29 is 14.9 Å². The lowest BCUT2D eigenvalue weighted by Crippen LogP contribution is -2.14. The molecule has 0 fully saturated rings. The van der Waals surface area contributed by atoms with E-state index in [2.05, 4.69) is 4.98 Å². The second kappa shape index (κ2) is 5.09. The molecular formula is C11H17NO3. The number of pyridine rings is 1. The smallest absolute Gasteiger partial charge is 0.138 e. The topological polar surface area (TPSA) is 62.6 Å². The average molecular weight is 211 g/mol. The van der Waals surface area contributed by atoms with Crippen molar-refractivity contribution in [3.05, 3.63) is 24.0 Å². The Morgan fingerprint density at radius 3 is 2.40 bits per heavy atom. The first kappa shape index (κ1) is 11.9. The minimum absolute atomic E-state index is 0.0609. The molecule has 1 aromatic heterocycles. The van der Waals surface area contributed by atoms with Gasteiger partial charge in [-0.1, -0.05) is 0 Å². The molecule has 2 unspecified atom stereocenters. The zero-order chi connectivity index (χ0) is 11.4. The quantitative estimate of drug-likeness (QED) is 0.787. The maximum atomic E-state index is 9.61. The predicted molar refractivity (Wildman–Crippen MR) is 56.6 cm³/mol. The summed E-state index contributed by atoms with van der Waals surface area (Å²) < 4.78 is 5.43. The summed E-state index contributed by atoms with van der Waals surface area (Å²) in [5.41, 5.74) is 0.558. The van der Waals surface area contributed by atoms with Crippen LogP contribution in [0.25, 0.3) is 0 Å². The molecule has 0 saturated carbocycles. The number of hydrogen-bond acceptors (Lipinski definition) is 4. The molecule has 0 saturated heterocycles. The van der Waals surface area contributed by atoms with Crippen LogP contribution in [0, 0.1) is 0 Å². The third-order valence-corrected chi connectivity index (χ3v) is 1.90. The number of aromatic nitrogens is 1. The van der Waals surface area contributed by atoms with Crippen molar-refractivity contribution in [2.45, 2.75) is 39.1 Å². The van der Waals surface area contributed by atoms with Crippen molar-refractivity contribution in [3.63, 3.8) is 0 Å². The molecule has 0 aliphatic rings. The van der Waals surface area contributed by atoms with E-state index in [1.54, 1.807) is 12.3 Å². The third-order valence-electron chi connectivity index (χ3n) is 1.90. The fraction of sp³-hybridized carbons (Fsp3) is 0.545. The van der Waals surface area contributed by atoms with E-state index >= 15 is 0 Å². The molecule has 15 heavy (non-hydrogen) atoms. The van der Waals surface area contributed by atoms with Gasteiger partial charge in [-0.15, -0.1) is 0 Å². The fourth-order valence-electron chi connectivity index (χ4n) is 1.21. The highest BCUT2D eigenvalue weighted by atomic mass is 16.5. The Kier molecular flexibility index (Phi) is 4.05. The van der Waals surface area contributed by atoms with Gasteiger partial charge >= 0.3 is 0 Å². The van der Waals surface area contributed by atoms with E-state index in [-0.39, 0.29) is 6.10 Å². The van der Waals surface area contributed by atoms with Crippen molar-refractivity contribution in [1.29, 1.82) is 0 Å². The molecule has 0 amide bonds. The number of ether oxygens (including phenoxy) is 1. The van der Waals surface area contributed by atoms with Gasteiger partial charge < -0.3 is 14.9 Å². The highest BCUT2D eigenvalue weighted by Gasteiger charge is 2.14. The summed E-state index contributed by atoms with van der Waals surface area (Å²) in [4.78, 5) is 3.95. The van der Waals surface area contributed by atoms with E-state index in [0.717, 1.165) is 0 Å². The van der Waals surface area contributed by atoms with Crippen molar-refractivity contribution in [1.82, 2.24) is 4.98 Å². The van der Waals surface area contributed by atoms with Crippen LogP contribution in [0.3, 0.4) is 0 Å². The summed E-state index contributed by atoms with van der Waals surface area (Å²) >= 11 is 0.